The van der Waals surface area contributed by atoms with Gasteiger partial charge in [-0.1, -0.05) is 0 Å². The molecule has 6 heteroatoms. The molecule has 0 radical (unpaired) electrons. The van der Waals surface area contributed by atoms with Gasteiger partial charge in [0.05, 0.1) is 0 Å². The molecule has 5 nitrogen and oxygen atoms in total. The summed E-state index contributed by atoms with van der Waals surface area (Å²) in [5, 5.41) is 9.09. The van der Waals surface area contributed by atoms with E-state index in [-0.39, 0.29) is 14.5 Å². The molecule has 2 rings (SSSR count). The van der Waals surface area contributed by atoms with E-state index >= 15 is 0 Å². The van der Waals surface area contributed by atoms with E-state index in [1.54, 1.807) is 19.1 Å². The number of nitrogens with zero attached hydrogens (tertiary/aromatic N) is 3. The fourth-order valence-corrected chi connectivity index (χ4v) is 4.67. The molecule has 1 aromatic carbocycles. The Morgan fingerprint density at radius 1 is 1.35 bits per heavy atom. The Kier molecular flexibility index (Phi) is 5.97. The van der Waals surface area contributed by atoms with Crippen molar-refractivity contribution in [1.82, 2.24) is 4.98 Å². The van der Waals surface area contributed by atoms with E-state index in [9.17, 15) is 4.79 Å². The van der Waals surface area contributed by atoms with E-state index in [0.29, 0.717) is 17.9 Å². The first-order valence-electron chi connectivity index (χ1n) is 7.57. The first-order valence-corrected chi connectivity index (χ1v) is 9.29. The van der Waals surface area contributed by atoms with Gasteiger partial charge in [-0.25, -0.2) is 0 Å². The van der Waals surface area contributed by atoms with Crippen LogP contribution in [0.2, 0.25) is 0 Å². The average molecular weight is 376 g/mol. The number of anilines is 1. The monoisotopic (exact) mass is 377 g/mol. The van der Waals surface area contributed by atoms with Crippen molar-refractivity contribution in [3.8, 4) is 16.1 Å². The maximum atomic E-state index is 12.3. The summed E-state index contributed by atoms with van der Waals surface area (Å²) in [6.07, 6.45) is 0. The SMILES string of the molecule is CCOC(=O)c1nc(N(CC)CC)[se]c1-c1cccc(C#N)c1. The number of carbonyl (C=O) groups excluding carboxylic acids is 1. The molecule has 0 amide bonds. The number of aromatic nitrogens is 1. The molecule has 0 unspecified atom stereocenters. The molecule has 0 aliphatic heterocycles. The van der Waals surface area contributed by atoms with Crippen LogP contribution in [0.15, 0.2) is 24.3 Å². The van der Waals surface area contributed by atoms with Gasteiger partial charge in [-0.05, 0) is 0 Å². The second kappa shape index (κ2) is 7.96. The predicted octanol–water partition coefficient (Wildman–Crippen LogP) is 2.70. The number of hydrogen-bond acceptors (Lipinski definition) is 5. The maximum absolute atomic E-state index is 12.3. The molecular weight excluding hydrogens is 357 g/mol. The number of hydrogen-bond donors (Lipinski definition) is 0. The van der Waals surface area contributed by atoms with Crippen LogP contribution in [0.3, 0.4) is 0 Å². The van der Waals surface area contributed by atoms with Crippen molar-refractivity contribution < 1.29 is 9.53 Å². The number of nitriles is 1. The summed E-state index contributed by atoms with van der Waals surface area (Å²) in [6, 6.07) is 9.43. The first-order chi connectivity index (χ1) is 11.1. The molecular formula is C17H19N3O2Se. The number of benzene rings is 1. The van der Waals surface area contributed by atoms with Crippen LogP contribution in [0.4, 0.5) is 4.69 Å². The zero-order valence-corrected chi connectivity index (χ0v) is 15.2. The normalized spacial score (nSPS) is 10.2. The fourth-order valence-electron chi connectivity index (χ4n) is 2.20. The number of carbonyl (C=O) groups is 1. The Bertz CT molecular complexity index is 730. The fraction of sp³-hybridized carbons (Fsp3) is 0.353. The molecule has 0 bridgehead atoms. The second-order valence-electron chi connectivity index (χ2n) is 4.76. The summed E-state index contributed by atoms with van der Waals surface area (Å²) in [5.74, 6) is -0.395. The Labute approximate surface area is 142 Å². The van der Waals surface area contributed by atoms with Crippen molar-refractivity contribution in [3.63, 3.8) is 0 Å². The summed E-state index contributed by atoms with van der Waals surface area (Å²) >= 11 is -0.0812. The third kappa shape index (κ3) is 3.82. The van der Waals surface area contributed by atoms with Crippen molar-refractivity contribution in [2.75, 3.05) is 24.6 Å². The molecule has 0 fully saturated rings. The van der Waals surface area contributed by atoms with E-state index in [1.807, 2.05) is 12.1 Å². The van der Waals surface area contributed by atoms with E-state index in [4.69, 9.17) is 10.00 Å². The van der Waals surface area contributed by atoms with E-state index in [0.717, 1.165) is 27.8 Å². The standard InChI is InChI=1S/C17H19N3O2Se/c1-4-20(5-2)17-19-14(16(21)22-6-3)15(23-17)13-9-7-8-12(10-13)11-18/h7-10H,4-6H2,1-3H3. The van der Waals surface area contributed by atoms with Gasteiger partial charge >= 0.3 is 142 Å². The van der Waals surface area contributed by atoms with Crippen molar-refractivity contribution in [2.24, 2.45) is 0 Å². The molecule has 0 spiro atoms. The Morgan fingerprint density at radius 2 is 2.09 bits per heavy atom. The van der Waals surface area contributed by atoms with Gasteiger partial charge in [0, 0.05) is 0 Å². The average Bonchev–Trinajstić information content (AvgIpc) is 3.01. The van der Waals surface area contributed by atoms with Gasteiger partial charge in [-0.15, -0.1) is 0 Å². The Hall–Kier alpha value is -2.09. The van der Waals surface area contributed by atoms with Crippen LogP contribution in [0.5, 0.6) is 0 Å². The van der Waals surface area contributed by atoms with Crippen LogP contribution in [0.25, 0.3) is 10.0 Å². The minimum absolute atomic E-state index is 0.0812. The summed E-state index contributed by atoms with van der Waals surface area (Å²) in [4.78, 5) is 19.0. The van der Waals surface area contributed by atoms with Gasteiger partial charge in [0.25, 0.3) is 0 Å². The first kappa shape index (κ1) is 17.3. The molecule has 120 valence electrons. The van der Waals surface area contributed by atoms with Crippen LogP contribution in [-0.2, 0) is 4.74 Å². The van der Waals surface area contributed by atoms with Crippen molar-refractivity contribution in [1.29, 1.82) is 5.26 Å². The van der Waals surface area contributed by atoms with E-state index in [1.165, 1.54) is 0 Å². The molecule has 0 N–H and O–H groups in total. The molecule has 2 aromatic rings. The molecule has 0 aliphatic carbocycles. The Balaban J connectivity index is 2.55. The zero-order chi connectivity index (χ0) is 16.8. The third-order valence-electron chi connectivity index (χ3n) is 3.37. The number of ether oxygens (including phenoxy) is 1. The third-order valence-corrected chi connectivity index (χ3v) is 5.82. The number of rotatable bonds is 6. The van der Waals surface area contributed by atoms with Crippen LogP contribution in [0, 0.1) is 11.3 Å². The van der Waals surface area contributed by atoms with Crippen LogP contribution in [-0.4, -0.2) is 45.2 Å². The summed E-state index contributed by atoms with van der Waals surface area (Å²) in [5.41, 5.74) is 1.83. The van der Waals surface area contributed by atoms with Gasteiger partial charge in [-0.3, -0.25) is 0 Å². The molecule has 1 heterocycles. The summed E-state index contributed by atoms with van der Waals surface area (Å²) < 4.78 is 6.97. The molecule has 0 aliphatic rings. The quantitative estimate of drug-likeness (QED) is 0.573. The Morgan fingerprint density at radius 3 is 2.70 bits per heavy atom. The van der Waals surface area contributed by atoms with Gasteiger partial charge in [-0.2, -0.15) is 0 Å². The van der Waals surface area contributed by atoms with Crippen LogP contribution >= 0.6 is 0 Å². The van der Waals surface area contributed by atoms with Crippen LogP contribution in [0.1, 0.15) is 36.8 Å². The van der Waals surface area contributed by atoms with E-state index < -0.39 is 5.97 Å². The molecule has 1 aromatic heterocycles. The van der Waals surface area contributed by atoms with Crippen molar-refractivity contribution in [2.45, 2.75) is 20.8 Å². The van der Waals surface area contributed by atoms with E-state index in [2.05, 4.69) is 29.8 Å². The second-order valence-corrected chi connectivity index (χ2v) is 6.81. The summed E-state index contributed by atoms with van der Waals surface area (Å²) in [6.45, 7) is 7.93. The molecule has 0 saturated carbocycles. The number of esters is 1. The van der Waals surface area contributed by atoms with Crippen LogP contribution < -0.4 is 4.90 Å². The van der Waals surface area contributed by atoms with Gasteiger partial charge in [0.15, 0.2) is 0 Å². The van der Waals surface area contributed by atoms with Gasteiger partial charge < -0.3 is 0 Å². The predicted molar refractivity (Wildman–Crippen MR) is 90.8 cm³/mol. The molecule has 23 heavy (non-hydrogen) atoms. The zero-order valence-electron chi connectivity index (χ0n) is 13.5. The minimum atomic E-state index is -0.395. The summed E-state index contributed by atoms with van der Waals surface area (Å²) in [7, 11) is 0. The molecule has 0 saturated heterocycles. The van der Waals surface area contributed by atoms with Gasteiger partial charge in [0.2, 0.25) is 0 Å². The van der Waals surface area contributed by atoms with Crippen molar-refractivity contribution in [3.05, 3.63) is 35.5 Å². The van der Waals surface area contributed by atoms with Crippen molar-refractivity contribution >= 4 is 25.2 Å². The molecule has 0 atom stereocenters. The topological polar surface area (TPSA) is 66.2 Å². The van der Waals surface area contributed by atoms with Gasteiger partial charge in [0.1, 0.15) is 0 Å².